The van der Waals surface area contributed by atoms with Gasteiger partial charge in [0.05, 0.1) is 22.5 Å². The number of fused-ring (bicyclic) bond motifs is 1. The van der Waals surface area contributed by atoms with Crippen LogP contribution in [0, 0.1) is 0 Å². The highest BCUT2D eigenvalue weighted by atomic mass is 35.5. The summed E-state index contributed by atoms with van der Waals surface area (Å²) in [5.41, 5.74) is 7.89. The maximum atomic E-state index is 11.4. The van der Waals surface area contributed by atoms with Gasteiger partial charge >= 0.3 is 0 Å². The minimum absolute atomic E-state index is 0.227. The monoisotopic (exact) mass is 370 g/mol. The molecule has 26 heavy (non-hydrogen) atoms. The van der Waals surface area contributed by atoms with E-state index in [1.165, 1.54) is 19.3 Å². The lowest BCUT2D eigenvalue weighted by atomic mass is 9.98. The highest BCUT2D eigenvalue weighted by Gasteiger charge is 2.17. The van der Waals surface area contributed by atoms with Gasteiger partial charge in [-0.3, -0.25) is 4.79 Å². The van der Waals surface area contributed by atoms with Crippen LogP contribution in [-0.2, 0) is 0 Å². The van der Waals surface area contributed by atoms with Crippen molar-refractivity contribution in [1.29, 1.82) is 0 Å². The predicted octanol–water partition coefficient (Wildman–Crippen LogP) is 3.86. The third-order valence-corrected chi connectivity index (χ3v) is 5.02. The number of benzene rings is 1. The molecule has 0 bridgehead atoms. The highest BCUT2D eigenvalue weighted by Crippen LogP contribution is 2.27. The molecule has 4 rings (SSSR count). The first-order valence-electron chi connectivity index (χ1n) is 8.73. The number of nitrogens with two attached hydrogens (primary N) is 1. The number of carbonyl (C=O) groups excluding carboxylic acids is 1. The van der Waals surface area contributed by atoms with Crippen molar-refractivity contribution in [2.45, 2.75) is 38.2 Å². The van der Waals surface area contributed by atoms with Crippen molar-refractivity contribution in [3.8, 4) is 17.1 Å². The van der Waals surface area contributed by atoms with Gasteiger partial charge in [0.1, 0.15) is 6.10 Å². The third-order valence-electron chi connectivity index (χ3n) is 4.71. The number of hydrogen-bond donors (Lipinski definition) is 1. The molecule has 1 aromatic carbocycles. The van der Waals surface area contributed by atoms with Gasteiger partial charge < -0.3 is 10.5 Å². The Morgan fingerprint density at radius 3 is 2.73 bits per heavy atom. The molecule has 0 saturated heterocycles. The number of aromatic nitrogens is 3. The Hall–Kier alpha value is -2.60. The largest absolute Gasteiger partial charge is 0.473 e. The number of amides is 1. The summed E-state index contributed by atoms with van der Waals surface area (Å²) in [6.07, 6.45) is 7.77. The Morgan fingerprint density at radius 1 is 1.19 bits per heavy atom. The summed E-state index contributed by atoms with van der Waals surface area (Å²) < 4.78 is 7.78. The molecule has 1 aliphatic rings. The number of carbonyl (C=O) groups is 1. The molecule has 7 heteroatoms. The van der Waals surface area contributed by atoms with Gasteiger partial charge in [-0.1, -0.05) is 24.1 Å². The number of imidazole rings is 1. The molecule has 1 aliphatic carbocycles. The minimum Gasteiger partial charge on any atom is -0.473 e. The number of ether oxygens (including phenoxy) is 1. The maximum Gasteiger partial charge on any atom is 0.250 e. The normalized spacial score (nSPS) is 15.3. The summed E-state index contributed by atoms with van der Waals surface area (Å²) in [4.78, 5) is 15.7. The summed E-state index contributed by atoms with van der Waals surface area (Å²) >= 11 is 6.18. The van der Waals surface area contributed by atoms with Gasteiger partial charge in [-0.05, 0) is 43.9 Å². The van der Waals surface area contributed by atoms with Gasteiger partial charge in [-0.25, -0.2) is 9.50 Å². The van der Waals surface area contributed by atoms with Gasteiger partial charge in [-0.15, -0.1) is 5.10 Å². The number of primary amides is 1. The lowest BCUT2D eigenvalue weighted by Crippen LogP contribution is -2.20. The third kappa shape index (κ3) is 3.24. The van der Waals surface area contributed by atoms with Crippen molar-refractivity contribution in [2.75, 3.05) is 0 Å². The van der Waals surface area contributed by atoms with E-state index in [1.807, 2.05) is 12.1 Å². The van der Waals surface area contributed by atoms with Crippen LogP contribution in [0.2, 0.25) is 5.02 Å². The molecule has 0 spiro atoms. The van der Waals surface area contributed by atoms with Gasteiger partial charge in [0.25, 0.3) is 0 Å². The standard InChI is InChI=1S/C19H19ClN4O2/c20-15-10-12(6-7-14(15)19(21)25)16-11-22-17-8-9-18(23-24(16)17)26-13-4-2-1-3-5-13/h6-11,13H,1-5H2,(H2,21,25). The molecule has 0 radical (unpaired) electrons. The highest BCUT2D eigenvalue weighted by molar-refractivity contribution is 6.34. The number of rotatable bonds is 4. The summed E-state index contributed by atoms with van der Waals surface area (Å²) in [5, 5.41) is 4.90. The second-order valence-electron chi connectivity index (χ2n) is 6.52. The Morgan fingerprint density at radius 2 is 2.00 bits per heavy atom. The fourth-order valence-corrected chi connectivity index (χ4v) is 3.62. The van der Waals surface area contributed by atoms with Crippen LogP contribution in [0.4, 0.5) is 0 Å². The van der Waals surface area contributed by atoms with Crippen LogP contribution in [0.15, 0.2) is 36.5 Å². The quantitative estimate of drug-likeness (QED) is 0.755. The van der Waals surface area contributed by atoms with Crippen molar-refractivity contribution in [3.05, 3.63) is 47.1 Å². The molecular weight excluding hydrogens is 352 g/mol. The topological polar surface area (TPSA) is 82.5 Å². The summed E-state index contributed by atoms with van der Waals surface area (Å²) in [6.45, 7) is 0. The molecule has 1 saturated carbocycles. The average molecular weight is 371 g/mol. The number of hydrogen-bond acceptors (Lipinski definition) is 4. The summed E-state index contributed by atoms with van der Waals surface area (Å²) in [6, 6.07) is 8.83. The molecule has 134 valence electrons. The maximum absolute atomic E-state index is 11.4. The first-order valence-corrected chi connectivity index (χ1v) is 9.11. The number of halogens is 1. The molecule has 1 fully saturated rings. The predicted molar refractivity (Wildman–Crippen MR) is 99.5 cm³/mol. The summed E-state index contributed by atoms with van der Waals surface area (Å²) in [5.74, 6) is 0.0319. The molecule has 2 N–H and O–H groups in total. The fraction of sp³-hybridized carbons (Fsp3) is 0.316. The zero-order valence-corrected chi connectivity index (χ0v) is 14.9. The molecule has 3 aromatic rings. The second kappa shape index (κ2) is 6.96. The van der Waals surface area contributed by atoms with Gasteiger partial charge in [0.2, 0.25) is 11.8 Å². The Kier molecular flexibility index (Phi) is 4.51. The van der Waals surface area contributed by atoms with E-state index >= 15 is 0 Å². The number of nitrogens with zero attached hydrogens (tertiary/aromatic N) is 3. The molecular formula is C19H19ClN4O2. The van der Waals surface area contributed by atoms with E-state index in [0.717, 1.165) is 24.1 Å². The Bertz CT molecular complexity index is 963. The molecule has 2 aromatic heterocycles. The van der Waals surface area contributed by atoms with E-state index in [9.17, 15) is 4.79 Å². The van der Waals surface area contributed by atoms with E-state index in [2.05, 4.69) is 10.1 Å². The van der Waals surface area contributed by atoms with Crippen LogP contribution in [-0.4, -0.2) is 26.6 Å². The van der Waals surface area contributed by atoms with Crippen LogP contribution < -0.4 is 10.5 Å². The smallest absolute Gasteiger partial charge is 0.250 e. The molecule has 0 aliphatic heterocycles. The Labute approximate surface area is 155 Å². The summed E-state index contributed by atoms with van der Waals surface area (Å²) in [7, 11) is 0. The second-order valence-corrected chi connectivity index (χ2v) is 6.93. The van der Waals surface area contributed by atoms with Crippen molar-refractivity contribution < 1.29 is 9.53 Å². The van der Waals surface area contributed by atoms with Crippen LogP contribution in [0.3, 0.4) is 0 Å². The minimum atomic E-state index is -0.555. The van der Waals surface area contributed by atoms with Gasteiger partial charge in [0.15, 0.2) is 5.65 Å². The van der Waals surface area contributed by atoms with Crippen molar-refractivity contribution in [1.82, 2.24) is 14.6 Å². The van der Waals surface area contributed by atoms with Crippen LogP contribution in [0.25, 0.3) is 16.9 Å². The van der Waals surface area contributed by atoms with Crippen molar-refractivity contribution >= 4 is 23.2 Å². The molecule has 0 atom stereocenters. The lowest BCUT2D eigenvalue weighted by molar-refractivity contribution is 0.100. The van der Waals surface area contributed by atoms with Gasteiger partial charge in [-0.2, -0.15) is 0 Å². The Balaban J connectivity index is 1.68. The zero-order chi connectivity index (χ0) is 18.1. The van der Waals surface area contributed by atoms with E-state index in [0.29, 0.717) is 22.1 Å². The van der Waals surface area contributed by atoms with Gasteiger partial charge in [0, 0.05) is 11.6 Å². The van der Waals surface area contributed by atoms with E-state index < -0.39 is 5.91 Å². The van der Waals surface area contributed by atoms with Crippen molar-refractivity contribution in [2.24, 2.45) is 5.73 Å². The van der Waals surface area contributed by atoms with E-state index in [-0.39, 0.29) is 6.10 Å². The SMILES string of the molecule is NC(=O)c1ccc(-c2cnc3ccc(OC4CCCCC4)nn23)cc1Cl. The van der Waals surface area contributed by atoms with Crippen molar-refractivity contribution in [3.63, 3.8) is 0 Å². The molecule has 1 amide bonds. The molecule has 2 heterocycles. The fourth-order valence-electron chi connectivity index (χ4n) is 3.34. The van der Waals surface area contributed by atoms with E-state index in [4.69, 9.17) is 22.1 Å². The molecule has 0 unspecified atom stereocenters. The van der Waals surface area contributed by atoms with Crippen LogP contribution in [0.1, 0.15) is 42.5 Å². The average Bonchev–Trinajstić information content (AvgIpc) is 3.05. The zero-order valence-electron chi connectivity index (χ0n) is 14.2. The van der Waals surface area contributed by atoms with Crippen LogP contribution >= 0.6 is 11.6 Å². The lowest BCUT2D eigenvalue weighted by Gasteiger charge is -2.22. The van der Waals surface area contributed by atoms with Crippen LogP contribution in [0.5, 0.6) is 5.88 Å². The van der Waals surface area contributed by atoms with E-state index in [1.54, 1.807) is 28.9 Å². The molecule has 6 nitrogen and oxygen atoms in total. The first-order chi connectivity index (χ1) is 12.6. The first kappa shape index (κ1) is 16.8.